The van der Waals surface area contributed by atoms with Crippen LogP contribution in [0.5, 0.6) is 0 Å². The second kappa shape index (κ2) is 5.17. The second-order valence-corrected chi connectivity index (χ2v) is 4.50. The fourth-order valence-corrected chi connectivity index (χ4v) is 2.49. The zero-order valence-corrected chi connectivity index (χ0v) is 10.2. The lowest BCUT2D eigenvalue weighted by atomic mass is 10.2. The zero-order valence-electron chi connectivity index (χ0n) is 10.2. The van der Waals surface area contributed by atoms with Crippen molar-refractivity contribution in [1.82, 2.24) is 9.88 Å². The summed E-state index contributed by atoms with van der Waals surface area (Å²) in [5.74, 6) is 0.00620. The molecule has 2 N–H and O–H groups in total. The Morgan fingerprint density at radius 2 is 2.24 bits per heavy atom. The van der Waals surface area contributed by atoms with Crippen LogP contribution in [0.25, 0.3) is 0 Å². The van der Waals surface area contributed by atoms with Crippen molar-refractivity contribution in [2.75, 3.05) is 12.3 Å². The lowest BCUT2D eigenvalue weighted by Gasteiger charge is -2.27. The molecule has 1 aromatic heterocycles. The van der Waals surface area contributed by atoms with Crippen molar-refractivity contribution in [3.63, 3.8) is 0 Å². The van der Waals surface area contributed by atoms with Crippen molar-refractivity contribution in [2.24, 2.45) is 0 Å². The van der Waals surface area contributed by atoms with Crippen molar-refractivity contribution >= 4 is 11.6 Å². The summed E-state index contributed by atoms with van der Waals surface area (Å²) in [4.78, 5) is 18.4. The van der Waals surface area contributed by atoms with Gasteiger partial charge in [-0.2, -0.15) is 0 Å². The van der Waals surface area contributed by atoms with Crippen LogP contribution >= 0.6 is 0 Å². The molecule has 17 heavy (non-hydrogen) atoms. The third-order valence-corrected chi connectivity index (χ3v) is 3.37. The number of amides is 1. The van der Waals surface area contributed by atoms with Crippen molar-refractivity contribution < 1.29 is 4.79 Å². The van der Waals surface area contributed by atoms with Gasteiger partial charge in [-0.15, -0.1) is 0 Å². The van der Waals surface area contributed by atoms with Crippen LogP contribution in [-0.4, -0.2) is 28.4 Å². The molecule has 0 atom stereocenters. The summed E-state index contributed by atoms with van der Waals surface area (Å²) in [5.41, 5.74) is 6.73. The van der Waals surface area contributed by atoms with E-state index in [1.807, 2.05) is 11.8 Å². The van der Waals surface area contributed by atoms with E-state index in [0.29, 0.717) is 17.4 Å². The van der Waals surface area contributed by atoms with E-state index in [2.05, 4.69) is 4.98 Å². The summed E-state index contributed by atoms with van der Waals surface area (Å²) in [6.45, 7) is 2.75. The molecule has 0 aliphatic heterocycles. The average molecular weight is 233 g/mol. The quantitative estimate of drug-likeness (QED) is 0.869. The third-order valence-electron chi connectivity index (χ3n) is 3.37. The maximum Gasteiger partial charge on any atom is 0.272 e. The number of rotatable bonds is 3. The number of pyridine rings is 1. The van der Waals surface area contributed by atoms with Gasteiger partial charge in [0.15, 0.2) is 0 Å². The summed E-state index contributed by atoms with van der Waals surface area (Å²) in [5, 5.41) is 0. The van der Waals surface area contributed by atoms with Gasteiger partial charge >= 0.3 is 0 Å². The number of carbonyl (C=O) groups is 1. The van der Waals surface area contributed by atoms with Gasteiger partial charge in [0.05, 0.1) is 0 Å². The molecule has 2 rings (SSSR count). The van der Waals surface area contributed by atoms with Crippen LogP contribution in [0, 0.1) is 0 Å². The van der Waals surface area contributed by atoms with Gasteiger partial charge in [-0.1, -0.05) is 12.8 Å². The molecular formula is C13H19N3O. The van der Waals surface area contributed by atoms with Gasteiger partial charge < -0.3 is 10.6 Å². The Morgan fingerprint density at radius 1 is 1.53 bits per heavy atom. The summed E-state index contributed by atoms with van der Waals surface area (Å²) >= 11 is 0. The number of aromatic nitrogens is 1. The standard InChI is InChI=1S/C13H19N3O/c1-2-16(11-5-3-4-6-11)13(17)12-9-10(14)7-8-15-12/h7-9,11H,2-6H2,1H3,(H2,14,15). The maximum absolute atomic E-state index is 12.3. The van der Waals surface area contributed by atoms with Gasteiger partial charge in [-0.3, -0.25) is 9.78 Å². The van der Waals surface area contributed by atoms with E-state index in [4.69, 9.17) is 5.73 Å². The average Bonchev–Trinajstić information content (AvgIpc) is 2.83. The van der Waals surface area contributed by atoms with Crippen molar-refractivity contribution in [1.29, 1.82) is 0 Å². The van der Waals surface area contributed by atoms with Crippen molar-refractivity contribution in [3.8, 4) is 0 Å². The molecule has 1 saturated carbocycles. The molecule has 0 radical (unpaired) electrons. The molecule has 0 bridgehead atoms. The molecule has 1 amide bonds. The highest BCUT2D eigenvalue weighted by molar-refractivity contribution is 5.93. The Balaban J connectivity index is 2.16. The number of nitrogens with zero attached hydrogens (tertiary/aromatic N) is 2. The number of nitrogen functional groups attached to an aromatic ring is 1. The summed E-state index contributed by atoms with van der Waals surface area (Å²) in [7, 11) is 0. The summed E-state index contributed by atoms with van der Waals surface area (Å²) in [6.07, 6.45) is 6.26. The Kier molecular flexibility index (Phi) is 3.61. The van der Waals surface area contributed by atoms with Crippen LogP contribution in [-0.2, 0) is 0 Å². The molecule has 0 saturated heterocycles. The Hall–Kier alpha value is -1.58. The number of carbonyl (C=O) groups excluding carboxylic acids is 1. The molecular weight excluding hydrogens is 214 g/mol. The van der Waals surface area contributed by atoms with Gasteiger partial charge in [0.1, 0.15) is 5.69 Å². The summed E-state index contributed by atoms with van der Waals surface area (Å²) < 4.78 is 0. The first-order valence-corrected chi connectivity index (χ1v) is 6.25. The number of nitrogens with two attached hydrogens (primary N) is 1. The maximum atomic E-state index is 12.3. The minimum absolute atomic E-state index is 0.00620. The monoisotopic (exact) mass is 233 g/mol. The van der Waals surface area contributed by atoms with E-state index in [0.717, 1.165) is 19.4 Å². The summed E-state index contributed by atoms with van der Waals surface area (Å²) in [6, 6.07) is 3.73. The van der Waals surface area contributed by atoms with Crippen LogP contribution < -0.4 is 5.73 Å². The number of anilines is 1. The van der Waals surface area contributed by atoms with Gasteiger partial charge in [-0.05, 0) is 31.9 Å². The van der Waals surface area contributed by atoms with Gasteiger partial charge in [0, 0.05) is 24.5 Å². The minimum Gasteiger partial charge on any atom is -0.399 e. The zero-order chi connectivity index (χ0) is 12.3. The molecule has 1 fully saturated rings. The van der Waals surface area contributed by atoms with Crippen molar-refractivity contribution in [2.45, 2.75) is 38.6 Å². The van der Waals surface area contributed by atoms with Gasteiger partial charge in [0.2, 0.25) is 0 Å². The lowest BCUT2D eigenvalue weighted by Crippen LogP contribution is -2.39. The highest BCUT2D eigenvalue weighted by atomic mass is 16.2. The van der Waals surface area contributed by atoms with Crippen LogP contribution in [0.4, 0.5) is 5.69 Å². The SMILES string of the molecule is CCN(C(=O)c1cc(N)ccn1)C1CCCC1. The Bertz CT molecular complexity index is 399. The lowest BCUT2D eigenvalue weighted by molar-refractivity contribution is 0.0687. The van der Waals surface area contributed by atoms with Gasteiger partial charge in [-0.25, -0.2) is 0 Å². The number of hydrogen-bond acceptors (Lipinski definition) is 3. The highest BCUT2D eigenvalue weighted by Crippen LogP contribution is 2.24. The molecule has 92 valence electrons. The van der Waals surface area contributed by atoms with Crippen LogP contribution in [0.15, 0.2) is 18.3 Å². The molecule has 0 aromatic carbocycles. The topological polar surface area (TPSA) is 59.2 Å². The second-order valence-electron chi connectivity index (χ2n) is 4.50. The molecule has 4 heteroatoms. The third kappa shape index (κ3) is 2.57. The fraction of sp³-hybridized carbons (Fsp3) is 0.538. The Morgan fingerprint density at radius 3 is 2.82 bits per heavy atom. The fourth-order valence-electron chi connectivity index (χ4n) is 2.49. The Labute approximate surface area is 102 Å². The molecule has 1 aliphatic rings. The van der Waals surface area contributed by atoms with Crippen LogP contribution in [0.2, 0.25) is 0 Å². The first-order chi connectivity index (χ1) is 8.22. The van der Waals surface area contributed by atoms with Crippen LogP contribution in [0.1, 0.15) is 43.1 Å². The van der Waals surface area contributed by atoms with E-state index >= 15 is 0 Å². The molecule has 1 heterocycles. The van der Waals surface area contributed by atoms with E-state index in [9.17, 15) is 4.79 Å². The van der Waals surface area contributed by atoms with E-state index < -0.39 is 0 Å². The molecule has 0 unspecified atom stereocenters. The normalized spacial score (nSPS) is 16.1. The minimum atomic E-state index is 0.00620. The largest absolute Gasteiger partial charge is 0.399 e. The first kappa shape index (κ1) is 11.9. The van der Waals surface area contributed by atoms with E-state index in [-0.39, 0.29) is 5.91 Å². The van der Waals surface area contributed by atoms with E-state index in [1.54, 1.807) is 18.3 Å². The molecule has 1 aliphatic carbocycles. The molecule has 0 spiro atoms. The van der Waals surface area contributed by atoms with E-state index in [1.165, 1.54) is 12.8 Å². The predicted molar refractivity (Wildman–Crippen MR) is 67.6 cm³/mol. The van der Waals surface area contributed by atoms with Crippen LogP contribution in [0.3, 0.4) is 0 Å². The molecule has 4 nitrogen and oxygen atoms in total. The number of hydrogen-bond donors (Lipinski definition) is 1. The smallest absolute Gasteiger partial charge is 0.272 e. The van der Waals surface area contributed by atoms with Gasteiger partial charge in [0.25, 0.3) is 5.91 Å². The first-order valence-electron chi connectivity index (χ1n) is 6.25. The molecule has 1 aromatic rings. The highest BCUT2D eigenvalue weighted by Gasteiger charge is 2.26. The predicted octanol–water partition coefficient (Wildman–Crippen LogP) is 2.07. The van der Waals surface area contributed by atoms with Crippen molar-refractivity contribution in [3.05, 3.63) is 24.0 Å².